The van der Waals surface area contributed by atoms with Gasteiger partial charge in [-0.15, -0.1) is 11.6 Å². The van der Waals surface area contributed by atoms with Gasteiger partial charge in [-0.1, -0.05) is 13.0 Å². The molecule has 0 unspecified atom stereocenters. The van der Waals surface area contributed by atoms with E-state index in [0.29, 0.717) is 17.5 Å². The number of carboxylic acid groups (broad SMARTS) is 1. The van der Waals surface area contributed by atoms with E-state index in [1.54, 1.807) is 6.07 Å². The molecule has 1 aromatic carbocycles. The van der Waals surface area contributed by atoms with Crippen molar-refractivity contribution in [2.45, 2.75) is 19.2 Å². The van der Waals surface area contributed by atoms with Gasteiger partial charge in [0.15, 0.2) is 0 Å². The molecule has 0 saturated heterocycles. The summed E-state index contributed by atoms with van der Waals surface area (Å²) in [6.45, 7) is 1.91. The number of benzene rings is 1. The minimum absolute atomic E-state index is 0.0400. The van der Waals surface area contributed by atoms with Gasteiger partial charge >= 0.3 is 5.97 Å². The van der Waals surface area contributed by atoms with Gasteiger partial charge in [0.1, 0.15) is 0 Å². The van der Waals surface area contributed by atoms with Crippen molar-refractivity contribution in [3.8, 4) is 6.07 Å². The van der Waals surface area contributed by atoms with Gasteiger partial charge in [0, 0.05) is 5.88 Å². The maximum absolute atomic E-state index is 10.9. The molecule has 15 heavy (non-hydrogen) atoms. The van der Waals surface area contributed by atoms with E-state index in [9.17, 15) is 4.79 Å². The fraction of sp³-hybridized carbons (Fsp3) is 0.273. The van der Waals surface area contributed by atoms with Crippen LogP contribution in [-0.4, -0.2) is 11.1 Å². The quantitative estimate of drug-likeness (QED) is 0.801. The number of nitrogens with zero attached hydrogens (tertiary/aromatic N) is 1. The molecule has 4 heteroatoms. The first kappa shape index (κ1) is 11.5. The summed E-state index contributed by atoms with van der Waals surface area (Å²) in [5.74, 6) is -1.01. The zero-order valence-electron chi connectivity index (χ0n) is 8.25. The summed E-state index contributed by atoms with van der Waals surface area (Å²) in [5.41, 5.74) is 1.75. The van der Waals surface area contributed by atoms with Crippen LogP contribution < -0.4 is 0 Å². The van der Waals surface area contributed by atoms with Crippen LogP contribution in [0, 0.1) is 11.3 Å². The summed E-state index contributed by atoms with van der Waals surface area (Å²) < 4.78 is 0. The molecule has 1 N–H and O–H groups in total. The molecule has 1 rings (SSSR count). The molecule has 3 nitrogen and oxygen atoms in total. The second kappa shape index (κ2) is 4.81. The van der Waals surface area contributed by atoms with Crippen molar-refractivity contribution < 1.29 is 9.90 Å². The minimum Gasteiger partial charge on any atom is -0.478 e. The highest BCUT2D eigenvalue weighted by molar-refractivity contribution is 6.17. The zero-order chi connectivity index (χ0) is 11.4. The Balaban J connectivity index is 3.50. The number of aryl methyl sites for hydroxylation is 1. The number of aromatic carboxylic acids is 1. The maximum Gasteiger partial charge on any atom is 0.336 e. The summed E-state index contributed by atoms with van der Waals surface area (Å²) in [5, 5.41) is 17.9. The maximum atomic E-state index is 10.9. The van der Waals surface area contributed by atoms with E-state index in [1.807, 2.05) is 13.0 Å². The highest BCUT2D eigenvalue weighted by atomic mass is 35.5. The van der Waals surface area contributed by atoms with Crippen LogP contribution in [0.2, 0.25) is 0 Å². The Bertz CT molecular complexity index is 435. The number of nitriles is 1. The molecule has 0 amide bonds. The average Bonchev–Trinajstić information content (AvgIpc) is 2.26. The normalized spacial score (nSPS) is 9.67. The van der Waals surface area contributed by atoms with E-state index in [0.717, 1.165) is 5.56 Å². The van der Waals surface area contributed by atoms with E-state index in [2.05, 4.69) is 0 Å². The van der Waals surface area contributed by atoms with Crippen LogP contribution in [0.15, 0.2) is 12.1 Å². The molecule has 0 aliphatic rings. The van der Waals surface area contributed by atoms with Crippen LogP contribution in [0.25, 0.3) is 0 Å². The largest absolute Gasteiger partial charge is 0.478 e. The molecule has 0 aromatic heterocycles. The van der Waals surface area contributed by atoms with E-state index in [-0.39, 0.29) is 11.4 Å². The molecule has 0 aliphatic heterocycles. The third kappa shape index (κ3) is 2.11. The third-order valence-electron chi connectivity index (χ3n) is 2.26. The predicted molar refractivity (Wildman–Crippen MR) is 57.1 cm³/mol. The number of carboxylic acids is 1. The van der Waals surface area contributed by atoms with E-state index >= 15 is 0 Å². The first-order valence-corrected chi connectivity index (χ1v) is 5.03. The molecule has 0 atom stereocenters. The van der Waals surface area contributed by atoms with Crippen molar-refractivity contribution in [2.24, 2.45) is 0 Å². The zero-order valence-corrected chi connectivity index (χ0v) is 9.01. The summed E-state index contributed by atoms with van der Waals surface area (Å²) in [4.78, 5) is 10.9. The fourth-order valence-corrected chi connectivity index (χ4v) is 1.75. The number of carbonyl (C=O) groups is 1. The van der Waals surface area contributed by atoms with Crippen LogP contribution in [0.1, 0.15) is 34.0 Å². The molecule has 0 aliphatic carbocycles. The average molecular weight is 224 g/mol. The molecule has 1 aromatic rings. The summed E-state index contributed by atoms with van der Waals surface area (Å²) in [6.07, 6.45) is 0.687. The fourth-order valence-electron chi connectivity index (χ4n) is 1.47. The van der Waals surface area contributed by atoms with Gasteiger partial charge in [0.05, 0.1) is 17.2 Å². The van der Waals surface area contributed by atoms with E-state index in [1.165, 1.54) is 6.07 Å². The lowest BCUT2D eigenvalue weighted by Crippen LogP contribution is -2.05. The number of halogens is 1. The molecule has 0 radical (unpaired) electrons. The Kier molecular flexibility index (Phi) is 3.70. The second-order valence-corrected chi connectivity index (χ2v) is 3.30. The monoisotopic (exact) mass is 223 g/mol. The van der Waals surface area contributed by atoms with Gasteiger partial charge in [-0.2, -0.15) is 5.26 Å². The number of rotatable bonds is 3. The lowest BCUT2D eigenvalue weighted by atomic mass is 9.96. The second-order valence-electron chi connectivity index (χ2n) is 3.03. The standard InChI is InChI=1S/C11H10ClNO2/c1-2-7-3-4-8(11(14)15)9(5-12)10(7)6-13/h3-4H,2,5H2,1H3,(H,14,15). The van der Waals surface area contributed by atoms with Crippen LogP contribution in [0.3, 0.4) is 0 Å². The van der Waals surface area contributed by atoms with Gasteiger partial charge in [0.2, 0.25) is 0 Å². The molecule has 0 fully saturated rings. The van der Waals surface area contributed by atoms with E-state index < -0.39 is 5.97 Å². The summed E-state index contributed by atoms with van der Waals surface area (Å²) >= 11 is 5.67. The topological polar surface area (TPSA) is 61.1 Å². The highest BCUT2D eigenvalue weighted by Gasteiger charge is 2.15. The Morgan fingerprint density at radius 3 is 2.67 bits per heavy atom. The first-order valence-electron chi connectivity index (χ1n) is 4.49. The van der Waals surface area contributed by atoms with Crippen molar-refractivity contribution in [3.05, 3.63) is 34.4 Å². The molecule has 0 spiro atoms. The molecule has 0 heterocycles. The van der Waals surface area contributed by atoms with Crippen LogP contribution >= 0.6 is 11.6 Å². The Morgan fingerprint density at radius 2 is 2.27 bits per heavy atom. The minimum atomic E-state index is -1.05. The lowest BCUT2D eigenvalue weighted by molar-refractivity contribution is 0.0696. The Hall–Kier alpha value is -1.53. The van der Waals surface area contributed by atoms with Crippen LogP contribution in [0.4, 0.5) is 0 Å². The first-order chi connectivity index (χ1) is 7.15. The molecular weight excluding hydrogens is 214 g/mol. The molecule has 78 valence electrons. The third-order valence-corrected chi connectivity index (χ3v) is 2.52. The van der Waals surface area contributed by atoms with Crippen molar-refractivity contribution in [3.63, 3.8) is 0 Å². The summed E-state index contributed by atoms with van der Waals surface area (Å²) in [6, 6.07) is 5.18. The van der Waals surface area contributed by atoms with E-state index in [4.69, 9.17) is 22.0 Å². The Morgan fingerprint density at radius 1 is 1.60 bits per heavy atom. The van der Waals surface area contributed by atoms with Crippen LogP contribution in [0.5, 0.6) is 0 Å². The van der Waals surface area contributed by atoms with Crippen molar-refractivity contribution >= 4 is 17.6 Å². The van der Waals surface area contributed by atoms with Crippen LogP contribution in [-0.2, 0) is 12.3 Å². The van der Waals surface area contributed by atoms with Crippen molar-refractivity contribution in [1.82, 2.24) is 0 Å². The number of hydrogen-bond acceptors (Lipinski definition) is 2. The van der Waals surface area contributed by atoms with Crippen molar-refractivity contribution in [2.75, 3.05) is 0 Å². The molecule has 0 bridgehead atoms. The smallest absolute Gasteiger partial charge is 0.336 e. The van der Waals surface area contributed by atoms with Gasteiger partial charge < -0.3 is 5.11 Å². The number of alkyl halides is 1. The lowest BCUT2D eigenvalue weighted by Gasteiger charge is -2.08. The predicted octanol–water partition coefficient (Wildman–Crippen LogP) is 2.56. The summed E-state index contributed by atoms with van der Waals surface area (Å²) in [7, 11) is 0. The van der Waals surface area contributed by atoms with Gasteiger partial charge in [-0.3, -0.25) is 0 Å². The SMILES string of the molecule is CCc1ccc(C(=O)O)c(CCl)c1C#N. The molecular formula is C11H10ClNO2. The van der Waals surface area contributed by atoms with Gasteiger partial charge in [-0.25, -0.2) is 4.79 Å². The Labute approximate surface area is 92.9 Å². The van der Waals surface area contributed by atoms with Crippen molar-refractivity contribution in [1.29, 1.82) is 5.26 Å². The van der Waals surface area contributed by atoms with Gasteiger partial charge in [-0.05, 0) is 23.6 Å². The van der Waals surface area contributed by atoms with Gasteiger partial charge in [0.25, 0.3) is 0 Å². The molecule has 0 saturated carbocycles. The number of hydrogen-bond donors (Lipinski definition) is 1. The highest BCUT2D eigenvalue weighted by Crippen LogP contribution is 2.21.